The molecule has 0 bridgehead atoms. The van der Waals surface area contributed by atoms with Gasteiger partial charge in [0.1, 0.15) is 10.7 Å². The molecule has 2 aromatic rings. The number of carbonyl (C=O) groups is 1. The third-order valence-corrected chi connectivity index (χ3v) is 4.95. The molecule has 0 radical (unpaired) electrons. The number of thiazole rings is 1. The van der Waals surface area contributed by atoms with Gasteiger partial charge in [-0.2, -0.15) is 13.2 Å². The molecule has 5 nitrogen and oxygen atoms in total. The van der Waals surface area contributed by atoms with Crippen LogP contribution in [0.25, 0.3) is 0 Å². The normalized spacial score (nSPS) is 15.8. The highest BCUT2D eigenvalue weighted by molar-refractivity contribution is 7.09. The summed E-state index contributed by atoms with van der Waals surface area (Å²) in [6.07, 6.45) is -4.52. The van der Waals surface area contributed by atoms with Crippen molar-refractivity contribution in [1.29, 1.82) is 0 Å². The van der Waals surface area contributed by atoms with Crippen LogP contribution >= 0.6 is 22.9 Å². The Morgan fingerprint density at radius 2 is 2.08 bits per heavy atom. The van der Waals surface area contributed by atoms with Crippen LogP contribution in [-0.2, 0) is 17.5 Å². The van der Waals surface area contributed by atoms with Crippen LogP contribution in [0.3, 0.4) is 0 Å². The number of aromatic nitrogens is 1. The maximum Gasteiger partial charge on any atom is 0.416 e. The molecule has 1 aliphatic heterocycles. The Hall–Kier alpha value is -1.68. The van der Waals surface area contributed by atoms with Crippen molar-refractivity contribution in [2.24, 2.45) is 0 Å². The van der Waals surface area contributed by atoms with Gasteiger partial charge in [-0.25, -0.2) is 4.98 Å². The van der Waals surface area contributed by atoms with Gasteiger partial charge >= 0.3 is 6.18 Å². The van der Waals surface area contributed by atoms with Crippen LogP contribution < -0.4 is 5.32 Å². The highest BCUT2D eigenvalue weighted by Crippen LogP contribution is 2.34. The zero-order valence-electron chi connectivity index (χ0n) is 13.5. The summed E-state index contributed by atoms with van der Waals surface area (Å²) < 4.78 is 43.7. The molecule has 1 aromatic carbocycles. The van der Waals surface area contributed by atoms with E-state index in [1.165, 1.54) is 11.3 Å². The summed E-state index contributed by atoms with van der Waals surface area (Å²) in [5.74, 6) is -0.601. The second-order valence-electron chi connectivity index (χ2n) is 5.66. The highest BCUT2D eigenvalue weighted by atomic mass is 35.5. The number of benzene rings is 1. The molecule has 1 N–H and O–H groups in total. The molecule has 1 saturated heterocycles. The van der Waals surface area contributed by atoms with E-state index in [1.807, 2.05) is 0 Å². The lowest BCUT2D eigenvalue weighted by Gasteiger charge is -2.25. The number of ether oxygens (including phenoxy) is 1. The molecule has 0 aliphatic carbocycles. The summed E-state index contributed by atoms with van der Waals surface area (Å²) in [6, 6.07) is 2.77. The fraction of sp³-hybridized carbons (Fsp3) is 0.375. The number of hydrogen-bond acceptors (Lipinski definition) is 5. The fourth-order valence-electron chi connectivity index (χ4n) is 2.42. The first-order valence-corrected chi connectivity index (χ1v) is 9.01. The van der Waals surface area contributed by atoms with E-state index >= 15 is 0 Å². The van der Waals surface area contributed by atoms with Crippen molar-refractivity contribution in [2.45, 2.75) is 12.7 Å². The van der Waals surface area contributed by atoms with Gasteiger partial charge in [-0.05, 0) is 18.2 Å². The molecule has 1 aliphatic rings. The number of nitrogens with one attached hydrogen (secondary N) is 1. The molecular weight excluding hydrogens is 391 g/mol. The molecule has 1 amide bonds. The number of morpholine rings is 1. The van der Waals surface area contributed by atoms with Crippen LogP contribution in [0.4, 0.5) is 18.9 Å². The lowest BCUT2D eigenvalue weighted by atomic mass is 10.2. The molecule has 0 unspecified atom stereocenters. The number of hydrogen-bond donors (Lipinski definition) is 1. The van der Waals surface area contributed by atoms with Gasteiger partial charge in [0.25, 0.3) is 5.91 Å². The maximum atomic E-state index is 12.8. The molecule has 1 fully saturated rings. The predicted molar refractivity (Wildman–Crippen MR) is 92.6 cm³/mol. The van der Waals surface area contributed by atoms with Crippen molar-refractivity contribution in [3.8, 4) is 0 Å². The smallest absolute Gasteiger partial charge is 0.379 e. The van der Waals surface area contributed by atoms with Crippen molar-refractivity contribution in [3.63, 3.8) is 0 Å². The van der Waals surface area contributed by atoms with Crippen LogP contribution in [0.1, 0.15) is 21.1 Å². The third kappa shape index (κ3) is 4.73. The molecule has 0 spiro atoms. The van der Waals surface area contributed by atoms with Crippen molar-refractivity contribution in [2.75, 3.05) is 31.6 Å². The molecule has 10 heteroatoms. The second-order valence-corrected chi connectivity index (χ2v) is 7.01. The molecule has 26 heavy (non-hydrogen) atoms. The lowest BCUT2D eigenvalue weighted by molar-refractivity contribution is -0.137. The van der Waals surface area contributed by atoms with Crippen molar-refractivity contribution in [3.05, 3.63) is 44.9 Å². The van der Waals surface area contributed by atoms with E-state index in [1.54, 1.807) is 5.38 Å². The monoisotopic (exact) mass is 405 g/mol. The van der Waals surface area contributed by atoms with E-state index in [4.69, 9.17) is 16.3 Å². The van der Waals surface area contributed by atoms with Crippen LogP contribution in [-0.4, -0.2) is 42.1 Å². The number of halogens is 4. The Bertz CT molecular complexity index is 791. The Morgan fingerprint density at radius 1 is 1.35 bits per heavy atom. The maximum absolute atomic E-state index is 12.8. The summed E-state index contributed by atoms with van der Waals surface area (Å²) in [5, 5.41) is 4.75. The molecule has 3 rings (SSSR count). The summed E-state index contributed by atoms with van der Waals surface area (Å²) in [5.41, 5.74) is -0.843. The topological polar surface area (TPSA) is 54.5 Å². The number of alkyl halides is 3. The predicted octanol–water partition coefficient (Wildman–Crippen LogP) is 3.90. The van der Waals surface area contributed by atoms with Gasteiger partial charge < -0.3 is 10.1 Å². The van der Waals surface area contributed by atoms with Crippen LogP contribution in [0.15, 0.2) is 23.6 Å². The third-order valence-electron chi connectivity index (χ3n) is 3.79. The van der Waals surface area contributed by atoms with Gasteiger partial charge in [-0.3, -0.25) is 9.69 Å². The molecule has 1 aromatic heterocycles. The zero-order valence-corrected chi connectivity index (χ0v) is 15.0. The Morgan fingerprint density at radius 3 is 2.77 bits per heavy atom. The Kier molecular flexibility index (Phi) is 5.81. The van der Waals surface area contributed by atoms with E-state index in [0.717, 1.165) is 36.3 Å². The first kappa shape index (κ1) is 19.1. The minimum absolute atomic E-state index is 0.0233. The summed E-state index contributed by atoms with van der Waals surface area (Å²) in [6.45, 7) is 3.51. The van der Waals surface area contributed by atoms with E-state index in [2.05, 4.69) is 15.2 Å². The SMILES string of the molecule is O=C(Nc1cc(C(F)(F)F)ccc1Cl)c1csc(CN2CCOCC2)n1. The zero-order chi connectivity index (χ0) is 18.7. The quantitative estimate of drug-likeness (QED) is 0.838. The van der Waals surface area contributed by atoms with Gasteiger partial charge in [0.05, 0.1) is 36.0 Å². The van der Waals surface area contributed by atoms with Crippen LogP contribution in [0.2, 0.25) is 5.02 Å². The number of anilines is 1. The largest absolute Gasteiger partial charge is 0.416 e. The Labute approximate surface area is 156 Å². The van der Waals surface area contributed by atoms with Gasteiger partial charge in [0.15, 0.2) is 0 Å². The van der Waals surface area contributed by atoms with Crippen molar-refractivity contribution < 1.29 is 22.7 Å². The molecule has 0 atom stereocenters. The van der Waals surface area contributed by atoms with Gasteiger partial charge in [-0.15, -0.1) is 11.3 Å². The van der Waals surface area contributed by atoms with Gasteiger partial charge in [0, 0.05) is 18.5 Å². The van der Waals surface area contributed by atoms with Gasteiger partial charge in [-0.1, -0.05) is 11.6 Å². The molecule has 2 heterocycles. The van der Waals surface area contributed by atoms with E-state index in [-0.39, 0.29) is 16.4 Å². The van der Waals surface area contributed by atoms with E-state index in [0.29, 0.717) is 19.8 Å². The van der Waals surface area contributed by atoms with Crippen molar-refractivity contribution >= 4 is 34.5 Å². The number of carbonyl (C=O) groups excluding carboxylic acids is 1. The standard InChI is InChI=1S/C16H15ClF3N3O2S/c17-11-2-1-10(16(18,19)20)7-12(11)22-15(24)13-9-26-14(21-13)8-23-3-5-25-6-4-23/h1-2,7,9H,3-6,8H2,(H,22,24). The first-order chi connectivity index (χ1) is 12.3. The molecule has 140 valence electrons. The first-order valence-electron chi connectivity index (χ1n) is 7.75. The summed E-state index contributed by atoms with van der Waals surface area (Å²) >= 11 is 7.22. The average Bonchev–Trinajstić information content (AvgIpc) is 3.05. The van der Waals surface area contributed by atoms with Crippen LogP contribution in [0.5, 0.6) is 0 Å². The van der Waals surface area contributed by atoms with Crippen molar-refractivity contribution in [1.82, 2.24) is 9.88 Å². The van der Waals surface area contributed by atoms with E-state index < -0.39 is 17.6 Å². The minimum Gasteiger partial charge on any atom is -0.379 e. The van der Waals surface area contributed by atoms with Crippen LogP contribution in [0, 0.1) is 0 Å². The Balaban J connectivity index is 1.68. The number of rotatable bonds is 4. The average molecular weight is 406 g/mol. The molecule has 0 saturated carbocycles. The number of nitrogens with zero attached hydrogens (tertiary/aromatic N) is 2. The second kappa shape index (κ2) is 7.91. The highest BCUT2D eigenvalue weighted by Gasteiger charge is 2.31. The van der Waals surface area contributed by atoms with Gasteiger partial charge in [0.2, 0.25) is 0 Å². The van der Waals surface area contributed by atoms with E-state index in [9.17, 15) is 18.0 Å². The molecular formula is C16H15ClF3N3O2S. The fourth-order valence-corrected chi connectivity index (χ4v) is 3.40. The number of amides is 1. The summed E-state index contributed by atoms with van der Waals surface area (Å²) in [7, 11) is 0. The lowest BCUT2D eigenvalue weighted by Crippen LogP contribution is -2.35. The minimum atomic E-state index is -4.52. The summed E-state index contributed by atoms with van der Waals surface area (Å²) in [4.78, 5) is 18.7.